The van der Waals surface area contributed by atoms with Gasteiger partial charge in [-0.05, 0) is 39.2 Å². The first-order valence-electron chi connectivity index (χ1n) is 7.55. The summed E-state index contributed by atoms with van der Waals surface area (Å²) in [6.45, 7) is 0. The Kier molecular flexibility index (Phi) is 4.99. The molecule has 26 heavy (non-hydrogen) atoms. The van der Waals surface area contributed by atoms with Gasteiger partial charge in [-0.25, -0.2) is 0 Å². The molecule has 0 saturated carbocycles. The van der Waals surface area contributed by atoms with Crippen molar-refractivity contribution in [3.05, 3.63) is 80.8 Å². The van der Waals surface area contributed by atoms with Gasteiger partial charge in [-0.1, -0.05) is 36.4 Å². The standard InChI is InChI=1S/C19H13BrN2O4/c20-16-10-15(22(25)26)8-14(19(16)24)11-21-17-9-13(6-7-18(17)23)12-4-2-1-3-5-12/h1-11,23-24H. The van der Waals surface area contributed by atoms with E-state index in [1.807, 2.05) is 30.3 Å². The number of hydrogen-bond donors (Lipinski definition) is 2. The lowest BCUT2D eigenvalue weighted by atomic mass is 10.0. The fraction of sp³-hybridized carbons (Fsp3) is 0. The molecule has 0 fully saturated rings. The van der Waals surface area contributed by atoms with Crippen LogP contribution < -0.4 is 0 Å². The van der Waals surface area contributed by atoms with Gasteiger partial charge in [-0.2, -0.15) is 0 Å². The first-order valence-corrected chi connectivity index (χ1v) is 8.34. The molecule has 0 saturated heterocycles. The van der Waals surface area contributed by atoms with Crippen molar-refractivity contribution >= 4 is 33.5 Å². The average Bonchev–Trinajstić information content (AvgIpc) is 2.64. The number of nitro groups is 1. The number of halogens is 1. The summed E-state index contributed by atoms with van der Waals surface area (Å²) in [6, 6.07) is 17.0. The Morgan fingerprint density at radius 3 is 2.42 bits per heavy atom. The van der Waals surface area contributed by atoms with Gasteiger partial charge in [0.1, 0.15) is 17.2 Å². The Labute approximate surface area is 157 Å². The van der Waals surface area contributed by atoms with Gasteiger partial charge in [0.2, 0.25) is 0 Å². The SMILES string of the molecule is O=[N+]([O-])c1cc(Br)c(O)c(C=Nc2cc(-c3ccccc3)ccc2O)c1. The molecule has 130 valence electrons. The molecule has 0 unspecified atom stereocenters. The number of phenolic OH excluding ortho intramolecular Hbond substituents is 2. The van der Waals surface area contributed by atoms with Crippen molar-refractivity contribution in [2.24, 2.45) is 4.99 Å². The Morgan fingerprint density at radius 1 is 1.00 bits per heavy atom. The maximum absolute atomic E-state index is 11.0. The smallest absolute Gasteiger partial charge is 0.271 e. The number of phenols is 2. The second-order valence-electron chi connectivity index (χ2n) is 5.45. The van der Waals surface area contributed by atoms with Crippen LogP contribution >= 0.6 is 15.9 Å². The highest BCUT2D eigenvalue weighted by Gasteiger charge is 2.14. The van der Waals surface area contributed by atoms with Crippen LogP contribution in [0.4, 0.5) is 11.4 Å². The minimum Gasteiger partial charge on any atom is -0.506 e. The zero-order chi connectivity index (χ0) is 18.7. The van der Waals surface area contributed by atoms with Crippen molar-refractivity contribution in [2.45, 2.75) is 0 Å². The summed E-state index contributed by atoms with van der Waals surface area (Å²) in [5, 5.41) is 31.1. The van der Waals surface area contributed by atoms with Gasteiger partial charge in [-0.15, -0.1) is 0 Å². The van der Waals surface area contributed by atoms with E-state index in [-0.39, 0.29) is 32.9 Å². The van der Waals surface area contributed by atoms with Crippen LogP contribution in [0.15, 0.2) is 70.1 Å². The monoisotopic (exact) mass is 412 g/mol. The van der Waals surface area contributed by atoms with E-state index in [4.69, 9.17) is 0 Å². The number of non-ortho nitro benzene ring substituents is 1. The van der Waals surface area contributed by atoms with Crippen molar-refractivity contribution in [3.63, 3.8) is 0 Å². The zero-order valence-corrected chi connectivity index (χ0v) is 14.9. The van der Waals surface area contributed by atoms with E-state index in [9.17, 15) is 20.3 Å². The molecule has 0 amide bonds. The highest BCUT2D eigenvalue weighted by molar-refractivity contribution is 9.10. The Balaban J connectivity index is 2.00. The fourth-order valence-corrected chi connectivity index (χ4v) is 2.85. The number of nitro benzene ring substituents is 1. The molecule has 0 radical (unpaired) electrons. The third-order valence-corrected chi connectivity index (χ3v) is 4.32. The fourth-order valence-electron chi connectivity index (χ4n) is 2.39. The van der Waals surface area contributed by atoms with Gasteiger partial charge in [0, 0.05) is 23.9 Å². The van der Waals surface area contributed by atoms with Gasteiger partial charge < -0.3 is 10.2 Å². The normalized spacial score (nSPS) is 11.0. The van der Waals surface area contributed by atoms with E-state index >= 15 is 0 Å². The Morgan fingerprint density at radius 2 is 1.73 bits per heavy atom. The maximum atomic E-state index is 11.0. The molecule has 2 N–H and O–H groups in total. The van der Waals surface area contributed by atoms with Crippen molar-refractivity contribution in [1.82, 2.24) is 0 Å². The van der Waals surface area contributed by atoms with E-state index in [2.05, 4.69) is 20.9 Å². The topological polar surface area (TPSA) is 96.0 Å². The number of aliphatic imine (C=N–C) groups is 1. The minimum absolute atomic E-state index is 0.0371. The number of hydrogen-bond acceptors (Lipinski definition) is 5. The third kappa shape index (κ3) is 3.73. The molecule has 3 aromatic rings. The molecule has 6 nitrogen and oxygen atoms in total. The molecule has 0 spiro atoms. The van der Waals surface area contributed by atoms with E-state index in [0.717, 1.165) is 11.1 Å². The van der Waals surface area contributed by atoms with Crippen LogP contribution in [0, 0.1) is 10.1 Å². The van der Waals surface area contributed by atoms with Crippen molar-refractivity contribution < 1.29 is 15.1 Å². The largest absolute Gasteiger partial charge is 0.506 e. The molecule has 3 rings (SSSR count). The van der Waals surface area contributed by atoms with Crippen LogP contribution in [0.1, 0.15) is 5.56 Å². The highest BCUT2D eigenvalue weighted by Crippen LogP contribution is 2.34. The molecule has 0 aliphatic carbocycles. The summed E-state index contributed by atoms with van der Waals surface area (Å²) < 4.78 is 0.190. The molecule has 0 heterocycles. The predicted octanol–water partition coefficient (Wildman–Crippen LogP) is 5.19. The number of benzene rings is 3. The summed E-state index contributed by atoms with van der Waals surface area (Å²) in [5.41, 5.74) is 2.09. The lowest BCUT2D eigenvalue weighted by molar-refractivity contribution is -0.385. The molecule has 0 aliphatic rings. The molecule has 7 heteroatoms. The molecule has 0 aliphatic heterocycles. The summed E-state index contributed by atoms with van der Waals surface area (Å²) >= 11 is 3.08. The minimum atomic E-state index is -0.560. The molecule has 3 aromatic carbocycles. The molecule has 0 atom stereocenters. The quantitative estimate of drug-likeness (QED) is 0.350. The van der Waals surface area contributed by atoms with Gasteiger partial charge in [0.25, 0.3) is 5.69 Å². The van der Waals surface area contributed by atoms with Crippen molar-refractivity contribution in [1.29, 1.82) is 0 Å². The molecular weight excluding hydrogens is 400 g/mol. The van der Waals surface area contributed by atoms with Gasteiger partial charge in [0.15, 0.2) is 0 Å². The van der Waals surface area contributed by atoms with Crippen LogP contribution in [0.2, 0.25) is 0 Å². The van der Waals surface area contributed by atoms with E-state index in [1.54, 1.807) is 12.1 Å². The first-order chi connectivity index (χ1) is 12.5. The predicted molar refractivity (Wildman–Crippen MR) is 103 cm³/mol. The Bertz CT molecular complexity index is 1000. The summed E-state index contributed by atoms with van der Waals surface area (Å²) in [6.07, 6.45) is 1.27. The van der Waals surface area contributed by atoms with E-state index in [1.165, 1.54) is 24.4 Å². The summed E-state index contributed by atoms with van der Waals surface area (Å²) in [7, 11) is 0. The summed E-state index contributed by atoms with van der Waals surface area (Å²) in [4.78, 5) is 14.6. The van der Waals surface area contributed by atoms with Gasteiger partial charge in [-0.3, -0.25) is 15.1 Å². The van der Waals surface area contributed by atoms with Crippen LogP contribution in [0.3, 0.4) is 0 Å². The summed E-state index contributed by atoms with van der Waals surface area (Å²) in [5.74, 6) is -0.206. The second kappa shape index (κ2) is 7.37. The zero-order valence-electron chi connectivity index (χ0n) is 13.3. The number of rotatable bonds is 4. The van der Waals surface area contributed by atoms with Crippen LogP contribution in [0.25, 0.3) is 11.1 Å². The lowest BCUT2D eigenvalue weighted by Gasteiger charge is -2.05. The first kappa shape index (κ1) is 17.6. The van der Waals surface area contributed by atoms with Crippen LogP contribution in [-0.4, -0.2) is 21.4 Å². The number of nitrogens with zero attached hydrogens (tertiary/aromatic N) is 2. The number of aromatic hydroxyl groups is 2. The maximum Gasteiger partial charge on any atom is 0.271 e. The van der Waals surface area contributed by atoms with Gasteiger partial charge >= 0.3 is 0 Å². The molecule has 0 bridgehead atoms. The van der Waals surface area contributed by atoms with E-state index in [0.29, 0.717) is 0 Å². The third-order valence-electron chi connectivity index (χ3n) is 3.71. The second-order valence-corrected chi connectivity index (χ2v) is 6.30. The average molecular weight is 413 g/mol. The highest BCUT2D eigenvalue weighted by atomic mass is 79.9. The van der Waals surface area contributed by atoms with Crippen LogP contribution in [0.5, 0.6) is 11.5 Å². The molecule has 0 aromatic heterocycles. The lowest BCUT2D eigenvalue weighted by Crippen LogP contribution is -1.91. The van der Waals surface area contributed by atoms with Gasteiger partial charge in [0.05, 0.1) is 9.40 Å². The van der Waals surface area contributed by atoms with Crippen molar-refractivity contribution in [2.75, 3.05) is 0 Å². The van der Waals surface area contributed by atoms with E-state index < -0.39 is 4.92 Å². The Hall–Kier alpha value is -3.19. The van der Waals surface area contributed by atoms with Crippen molar-refractivity contribution in [3.8, 4) is 22.6 Å². The molecular formula is C19H13BrN2O4. The van der Waals surface area contributed by atoms with Crippen LogP contribution in [-0.2, 0) is 0 Å².